The molecule has 1 aromatic heterocycles. The molecule has 2 amide bonds. The van der Waals surface area contributed by atoms with Gasteiger partial charge in [0.15, 0.2) is 15.6 Å². The second-order valence-electron chi connectivity index (χ2n) is 8.55. The molecule has 0 radical (unpaired) electrons. The number of Topliss-reactive ketones (excluding diaryl/α,β-unsaturated/α-hetero) is 1. The van der Waals surface area contributed by atoms with Crippen molar-refractivity contribution in [2.24, 2.45) is 0 Å². The smallest absolute Gasteiger partial charge is 0.652 e. The van der Waals surface area contributed by atoms with Crippen molar-refractivity contribution in [3.8, 4) is 6.07 Å². The van der Waals surface area contributed by atoms with E-state index in [1.54, 1.807) is 0 Å². The van der Waals surface area contributed by atoms with Crippen LogP contribution in [0.3, 0.4) is 0 Å². The van der Waals surface area contributed by atoms with Crippen LogP contribution in [0.2, 0.25) is 0 Å². The second-order valence-corrected chi connectivity index (χ2v) is 10.5. The standard InChI is InChI=1S/C23H19F3N4O4S.CH2O3.2Cs/c1-29-21(15-7-6-13(12-27)10-18(15)35(2,33)34)20-16(4-3-5-17(20)31)30(22(29)32)14-8-9-28-19(11-14)23(24,25)26;2-1(3)4;;/h6-11,21H,3-5H2,1-2H3;(H2,2,3,4);;/q;;2*+1/p-2. The molecule has 206 valence electrons. The van der Waals surface area contributed by atoms with E-state index in [1.165, 1.54) is 31.3 Å². The van der Waals surface area contributed by atoms with Crippen LogP contribution in [0.25, 0.3) is 0 Å². The van der Waals surface area contributed by atoms with Crippen LogP contribution in [-0.4, -0.2) is 49.6 Å². The van der Waals surface area contributed by atoms with E-state index in [-0.39, 0.29) is 189 Å². The number of rotatable bonds is 3. The molecule has 0 spiro atoms. The number of benzene rings is 1. The zero-order valence-corrected chi connectivity index (χ0v) is 35.7. The first-order chi connectivity index (χ1) is 18.1. The second kappa shape index (κ2) is 15.6. The minimum Gasteiger partial charge on any atom is -0.652 e. The third-order valence-electron chi connectivity index (χ3n) is 5.98. The van der Waals surface area contributed by atoms with Crippen molar-refractivity contribution in [2.45, 2.75) is 36.4 Å². The van der Waals surface area contributed by atoms with E-state index < -0.39 is 39.9 Å². The Kier molecular flexibility index (Phi) is 14.7. The van der Waals surface area contributed by atoms with E-state index in [1.807, 2.05) is 6.07 Å². The number of alkyl halides is 3. The number of urea groups is 1. The fraction of sp³-hybridized carbons (Fsp3) is 0.292. The summed E-state index contributed by atoms with van der Waals surface area (Å²) in [5.41, 5.74) is -0.719. The molecule has 0 bridgehead atoms. The predicted octanol–water partition coefficient (Wildman–Crippen LogP) is -4.44. The number of likely N-dealkylation sites (N-methyl/N-ethyl adjacent to an activating group) is 1. The van der Waals surface area contributed by atoms with Crippen LogP contribution in [0.15, 0.2) is 52.7 Å². The van der Waals surface area contributed by atoms with Gasteiger partial charge in [-0.25, -0.2) is 13.2 Å². The summed E-state index contributed by atoms with van der Waals surface area (Å²) < 4.78 is 65.0. The summed E-state index contributed by atoms with van der Waals surface area (Å²) in [6.07, 6.45) is -4.44. The number of anilines is 1. The molecule has 0 fully saturated rings. The summed E-state index contributed by atoms with van der Waals surface area (Å²) in [6, 6.07) is 5.99. The van der Waals surface area contributed by atoms with Crippen LogP contribution in [0, 0.1) is 11.3 Å². The van der Waals surface area contributed by atoms with Crippen LogP contribution in [0.1, 0.15) is 42.1 Å². The average Bonchev–Trinajstić information content (AvgIpc) is 2.84. The van der Waals surface area contributed by atoms with Gasteiger partial charge in [-0.1, -0.05) is 6.07 Å². The zero-order valence-electron chi connectivity index (χ0n) is 22.4. The number of hydrogen-bond acceptors (Lipinski definition) is 9. The Hall–Kier alpha value is -0.346. The first-order valence-electron chi connectivity index (χ1n) is 11.1. The van der Waals surface area contributed by atoms with E-state index in [4.69, 9.17) is 15.0 Å². The van der Waals surface area contributed by atoms with Crippen LogP contribution < -0.4 is 153 Å². The molecule has 0 saturated heterocycles. The van der Waals surface area contributed by atoms with E-state index in [0.29, 0.717) is 6.42 Å². The molecular formula is C24H19Cs2F3N4O7S. The Labute approximate surface area is 350 Å². The molecule has 1 aromatic carbocycles. The van der Waals surface area contributed by atoms with E-state index in [0.717, 1.165) is 28.3 Å². The first-order valence-corrected chi connectivity index (χ1v) is 13.0. The number of sulfone groups is 1. The maximum Gasteiger partial charge on any atom is 1.00 e. The molecule has 4 rings (SSSR count). The molecule has 1 atom stereocenters. The number of carbonyl (C=O) groups excluding carboxylic acids is 3. The molecule has 11 nitrogen and oxygen atoms in total. The molecule has 1 unspecified atom stereocenters. The number of pyridine rings is 1. The molecule has 2 heterocycles. The molecule has 2 aliphatic rings. The maximum atomic E-state index is 13.5. The Morgan fingerprint density at radius 1 is 1.12 bits per heavy atom. The zero-order chi connectivity index (χ0) is 29.3. The van der Waals surface area contributed by atoms with Crippen molar-refractivity contribution in [3.05, 3.63) is 64.6 Å². The van der Waals surface area contributed by atoms with Gasteiger partial charge in [-0.3, -0.25) is 14.7 Å². The fourth-order valence-corrected chi connectivity index (χ4v) is 5.41. The third-order valence-corrected chi connectivity index (χ3v) is 7.13. The van der Waals surface area contributed by atoms with Crippen molar-refractivity contribution in [3.63, 3.8) is 0 Å². The molecule has 0 N–H and O–H groups in total. The Morgan fingerprint density at radius 2 is 1.73 bits per heavy atom. The van der Waals surface area contributed by atoms with E-state index in [9.17, 15) is 36.4 Å². The van der Waals surface area contributed by atoms with Crippen molar-refractivity contribution < 1.29 is 184 Å². The number of allylic oxidation sites excluding steroid dienone is 1. The number of amides is 2. The summed E-state index contributed by atoms with van der Waals surface area (Å²) >= 11 is 0. The number of carbonyl (C=O) groups is 3. The van der Waals surface area contributed by atoms with Gasteiger partial charge in [0.25, 0.3) is 0 Å². The molecule has 2 aromatic rings. The Balaban J connectivity index is 0.00000131. The number of carboxylic acid groups (broad SMARTS) is 2. The molecule has 1 aliphatic carbocycles. The van der Waals surface area contributed by atoms with Crippen molar-refractivity contribution in [1.82, 2.24) is 9.88 Å². The van der Waals surface area contributed by atoms with Crippen LogP contribution in [0.5, 0.6) is 0 Å². The van der Waals surface area contributed by atoms with Crippen LogP contribution >= 0.6 is 0 Å². The molecule has 0 saturated carbocycles. The summed E-state index contributed by atoms with van der Waals surface area (Å²) in [5.74, 6) is -0.338. The average molecular weight is 830 g/mol. The largest absolute Gasteiger partial charge is 1.00 e. The minimum absolute atomic E-state index is 0. The number of ketones is 1. The Morgan fingerprint density at radius 3 is 2.27 bits per heavy atom. The molecule has 17 heteroatoms. The molecule has 41 heavy (non-hydrogen) atoms. The van der Waals surface area contributed by atoms with Crippen molar-refractivity contribution in [1.29, 1.82) is 5.26 Å². The Bertz CT molecular complexity index is 1540. The van der Waals surface area contributed by atoms with Gasteiger partial charge in [0.05, 0.1) is 28.3 Å². The van der Waals surface area contributed by atoms with E-state index in [2.05, 4.69) is 4.98 Å². The minimum atomic E-state index is -4.74. The van der Waals surface area contributed by atoms with Gasteiger partial charge in [0, 0.05) is 37.2 Å². The van der Waals surface area contributed by atoms with Crippen molar-refractivity contribution in [2.75, 3.05) is 18.2 Å². The van der Waals surface area contributed by atoms with Gasteiger partial charge in [0.2, 0.25) is 0 Å². The number of halogens is 3. The summed E-state index contributed by atoms with van der Waals surface area (Å²) in [6.45, 7) is 0. The van der Waals surface area contributed by atoms with E-state index >= 15 is 0 Å². The number of aromatic nitrogens is 1. The molecular weight excluding hydrogens is 811 g/mol. The molecule has 1 aliphatic heterocycles. The van der Waals surface area contributed by atoms with Gasteiger partial charge >= 0.3 is 150 Å². The predicted molar refractivity (Wildman–Crippen MR) is 123 cm³/mol. The summed E-state index contributed by atoms with van der Waals surface area (Å²) in [4.78, 5) is 40.3. The van der Waals surface area contributed by atoms with Gasteiger partial charge in [-0.15, -0.1) is 0 Å². The quantitative estimate of drug-likeness (QED) is 0.296. The SMILES string of the molecule is CN1C(=O)N(c2ccnc(C(F)(F)F)c2)C2=C(C(=O)CCC2)C1c1ccc(C#N)cc1S(C)(=O)=O.O=C([O-])[O-].[Cs+].[Cs+]. The van der Waals surface area contributed by atoms with Gasteiger partial charge in [-0.05, 0) is 48.8 Å². The third kappa shape index (κ3) is 9.09. The van der Waals surface area contributed by atoms with Crippen LogP contribution in [0.4, 0.5) is 28.4 Å². The number of nitriles is 1. The monoisotopic (exact) mass is 830 g/mol. The normalized spacial score (nSPS) is 16.8. The maximum absolute atomic E-state index is 13.5. The van der Waals surface area contributed by atoms with Gasteiger partial charge in [-0.2, -0.15) is 18.4 Å². The topological polar surface area (TPSA) is 175 Å². The van der Waals surface area contributed by atoms with Gasteiger partial charge in [0.1, 0.15) is 5.69 Å². The fourth-order valence-electron chi connectivity index (χ4n) is 4.46. The number of nitrogens with zero attached hydrogens (tertiary/aromatic N) is 4. The van der Waals surface area contributed by atoms with Crippen LogP contribution in [-0.2, 0) is 20.8 Å². The summed E-state index contributed by atoms with van der Waals surface area (Å²) in [5, 5.41) is 25.9. The van der Waals surface area contributed by atoms with Gasteiger partial charge < -0.3 is 19.9 Å². The summed E-state index contributed by atoms with van der Waals surface area (Å²) in [7, 11) is -2.52. The van der Waals surface area contributed by atoms with Crippen molar-refractivity contribution >= 4 is 33.5 Å². The number of hydrogen-bond donors (Lipinski definition) is 0. The first kappa shape index (κ1) is 38.7.